The average Bonchev–Trinajstić information content (AvgIpc) is 2.43. The molecule has 0 radical (unpaired) electrons. The average molecular weight is 244 g/mol. The number of nitrogens with zero attached hydrogens (tertiary/aromatic N) is 2. The largest absolute Gasteiger partial charge is 0.492 e. The van der Waals surface area contributed by atoms with Crippen LogP contribution >= 0.6 is 0 Å². The van der Waals surface area contributed by atoms with Gasteiger partial charge in [0, 0.05) is 6.04 Å². The first-order chi connectivity index (χ1) is 8.78. The van der Waals surface area contributed by atoms with Gasteiger partial charge < -0.3 is 4.74 Å². The van der Waals surface area contributed by atoms with Gasteiger partial charge in [0.2, 0.25) is 0 Å². The summed E-state index contributed by atoms with van der Waals surface area (Å²) in [5.41, 5.74) is 1.89. The number of likely N-dealkylation sites (N-methyl/N-ethyl adjacent to an activating group) is 1. The molecule has 1 aromatic carbocycles. The predicted octanol–water partition coefficient (Wildman–Crippen LogP) is 2.59. The smallest absolute Gasteiger partial charge is 0.122 e. The van der Waals surface area contributed by atoms with Gasteiger partial charge in [0.05, 0.1) is 11.6 Å². The zero-order valence-electron chi connectivity index (χ0n) is 11.1. The van der Waals surface area contributed by atoms with Gasteiger partial charge >= 0.3 is 0 Å². The molecule has 2 rings (SSSR count). The summed E-state index contributed by atoms with van der Waals surface area (Å²) in [5.74, 6) is 0.942. The molecule has 1 heterocycles. The number of rotatable bonds is 4. The Bertz CT molecular complexity index is 450. The predicted molar refractivity (Wildman–Crippen MR) is 71.7 cm³/mol. The van der Waals surface area contributed by atoms with E-state index >= 15 is 0 Å². The fourth-order valence-corrected chi connectivity index (χ4v) is 2.57. The van der Waals surface area contributed by atoms with Crippen LogP contribution in [0.4, 0.5) is 0 Å². The summed E-state index contributed by atoms with van der Waals surface area (Å²) >= 11 is 0. The molecule has 0 fully saturated rings. The maximum Gasteiger partial charge on any atom is 0.122 e. The topological polar surface area (TPSA) is 36.3 Å². The monoisotopic (exact) mass is 244 g/mol. The Morgan fingerprint density at radius 1 is 1.44 bits per heavy atom. The Labute approximate surface area is 109 Å². The lowest BCUT2D eigenvalue weighted by molar-refractivity contribution is 0.124. The minimum Gasteiger partial charge on any atom is -0.492 e. The van der Waals surface area contributed by atoms with Crippen molar-refractivity contribution >= 4 is 0 Å². The third-order valence-electron chi connectivity index (χ3n) is 3.51. The summed E-state index contributed by atoms with van der Waals surface area (Å²) in [7, 11) is 0. The minimum absolute atomic E-state index is 0.441. The molecular weight excluding hydrogens is 224 g/mol. The summed E-state index contributed by atoms with van der Waals surface area (Å²) in [6.45, 7) is 7.31. The van der Waals surface area contributed by atoms with Crippen molar-refractivity contribution in [3.05, 3.63) is 29.3 Å². The highest BCUT2D eigenvalue weighted by molar-refractivity contribution is 5.43. The van der Waals surface area contributed by atoms with Crippen LogP contribution in [-0.2, 0) is 6.42 Å². The van der Waals surface area contributed by atoms with Crippen LogP contribution < -0.4 is 4.74 Å². The van der Waals surface area contributed by atoms with Gasteiger partial charge in [-0.1, -0.05) is 13.8 Å². The van der Waals surface area contributed by atoms with Crippen LogP contribution in [0.3, 0.4) is 0 Å². The maximum absolute atomic E-state index is 8.94. The van der Waals surface area contributed by atoms with Crippen LogP contribution in [0, 0.1) is 11.3 Å². The first-order valence-electron chi connectivity index (χ1n) is 6.68. The molecule has 0 saturated carbocycles. The fraction of sp³-hybridized carbons (Fsp3) is 0.533. The number of nitriles is 1. The molecule has 0 spiro atoms. The lowest BCUT2D eigenvalue weighted by atomic mass is 9.99. The quantitative estimate of drug-likeness (QED) is 0.816. The van der Waals surface area contributed by atoms with Crippen LogP contribution in [0.1, 0.15) is 31.4 Å². The van der Waals surface area contributed by atoms with Gasteiger partial charge in [-0.3, -0.25) is 4.90 Å². The highest BCUT2D eigenvalue weighted by atomic mass is 16.5. The lowest BCUT2D eigenvalue weighted by Crippen LogP contribution is -2.43. The number of benzene rings is 1. The molecule has 1 unspecified atom stereocenters. The van der Waals surface area contributed by atoms with Crippen molar-refractivity contribution in [2.24, 2.45) is 0 Å². The first kappa shape index (κ1) is 12.9. The molecule has 0 saturated heterocycles. The highest BCUT2D eigenvalue weighted by Crippen LogP contribution is 2.27. The third kappa shape index (κ3) is 2.65. The Kier molecular flexibility index (Phi) is 4.22. The van der Waals surface area contributed by atoms with E-state index in [0.717, 1.165) is 43.9 Å². The molecule has 1 atom stereocenters. The van der Waals surface area contributed by atoms with E-state index in [1.807, 2.05) is 18.2 Å². The molecule has 0 aliphatic carbocycles. The fourth-order valence-electron chi connectivity index (χ4n) is 2.57. The molecule has 0 aromatic heterocycles. The van der Waals surface area contributed by atoms with E-state index in [0.29, 0.717) is 6.04 Å². The molecule has 0 bridgehead atoms. The molecule has 0 N–H and O–H groups in total. The first-order valence-corrected chi connectivity index (χ1v) is 6.68. The van der Waals surface area contributed by atoms with Crippen molar-refractivity contribution in [1.29, 1.82) is 5.26 Å². The van der Waals surface area contributed by atoms with Crippen molar-refractivity contribution in [3.8, 4) is 11.8 Å². The van der Waals surface area contributed by atoms with Gasteiger partial charge in [0.15, 0.2) is 0 Å². The maximum atomic E-state index is 8.94. The van der Waals surface area contributed by atoms with Crippen LogP contribution in [0.25, 0.3) is 0 Å². The zero-order valence-corrected chi connectivity index (χ0v) is 11.1. The highest BCUT2D eigenvalue weighted by Gasteiger charge is 2.24. The second-order valence-electron chi connectivity index (χ2n) is 4.73. The second-order valence-corrected chi connectivity index (χ2v) is 4.73. The standard InChI is InChI=1S/C15H20N2O/c1-3-7-17(4-2)14-9-13-8-12(10-16)5-6-15(13)18-11-14/h5-6,8,14H,3-4,7,9,11H2,1-2H3. The molecule has 18 heavy (non-hydrogen) atoms. The molecule has 96 valence electrons. The second kappa shape index (κ2) is 5.88. The number of hydrogen-bond acceptors (Lipinski definition) is 3. The van der Waals surface area contributed by atoms with Crippen molar-refractivity contribution < 1.29 is 4.74 Å². The number of hydrogen-bond donors (Lipinski definition) is 0. The van der Waals surface area contributed by atoms with E-state index < -0.39 is 0 Å². The van der Waals surface area contributed by atoms with Gasteiger partial charge in [-0.2, -0.15) is 5.26 Å². The van der Waals surface area contributed by atoms with Crippen molar-refractivity contribution in [3.63, 3.8) is 0 Å². The minimum atomic E-state index is 0.441. The van der Waals surface area contributed by atoms with Crippen molar-refractivity contribution in [2.45, 2.75) is 32.7 Å². The Morgan fingerprint density at radius 3 is 2.94 bits per heavy atom. The molecule has 3 heteroatoms. The number of ether oxygens (including phenoxy) is 1. The van der Waals surface area contributed by atoms with Crippen LogP contribution in [0.15, 0.2) is 18.2 Å². The van der Waals surface area contributed by atoms with Crippen LogP contribution in [0.2, 0.25) is 0 Å². The SMILES string of the molecule is CCCN(CC)C1COc2ccc(C#N)cc2C1. The lowest BCUT2D eigenvalue weighted by Gasteiger charge is -2.34. The zero-order chi connectivity index (χ0) is 13.0. The summed E-state index contributed by atoms with van der Waals surface area (Å²) in [5, 5.41) is 8.94. The van der Waals surface area contributed by atoms with Gasteiger partial charge in [-0.15, -0.1) is 0 Å². The Hall–Kier alpha value is -1.53. The molecular formula is C15H20N2O. The number of fused-ring (bicyclic) bond motifs is 1. The summed E-state index contributed by atoms with van der Waals surface area (Å²) in [4.78, 5) is 2.46. The van der Waals surface area contributed by atoms with E-state index in [1.54, 1.807) is 0 Å². The van der Waals surface area contributed by atoms with Gasteiger partial charge in [0.1, 0.15) is 12.4 Å². The molecule has 3 nitrogen and oxygen atoms in total. The molecule has 0 amide bonds. The van der Waals surface area contributed by atoms with Crippen molar-refractivity contribution in [1.82, 2.24) is 4.90 Å². The van der Waals surface area contributed by atoms with Crippen LogP contribution in [-0.4, -0.2) is 30.6 Å². The van der Waals surface area contributed by atoms with E-state index in [2.05, 4.69) is 24.8 Å². The Morgan fingerprint density at radius 2 is 2.28 bits per heavy atom. The van der Waals surface area contributed by atoms with Crippen LogP contribution in [0.5, 0.6) is 5.75 Å². The van der Waals surface area contributed by atoms with Gasteiger partial charge in [0.25, 0.3) is 0 Å². The Balaban J connectivity index is 2.15. The molecule has 1 aliphatic heterocycles. The van der Waals surface area contributed by atoms with Crippen molar-refractivity contribution in [2.75, 3.05) is 19.7 Å². The molecule has 1 aliphatic rings. The third-order valence-corrected chi connectivity index (χ3v) is 3.51. The van der Waals surface area contributed by atoms with E-state index in [1.165, 1.54) is 5.56 Å². The normalized spacial score (nSPS) is 18.0. The van der Waals surface area contributed by atoms with E-state index in [-0.39, 0.29) is 0 Å². The van der Waals surface area contributed by atoms with E-state index in [9.17, 15) is 0 Å². The summed E-state index contributed by atoms with van der Waals surface area (Å²) < 4.78 is 5.81. The summed E-state index contributed by atoms with van der Waals surface area (Å²) in [6, 6.07) is 8.33. The van der Waals surface area contributed by atoms with Gasteiger partial charge in [-0.05, 0) is 49.7 Å². The summed E-state index contributed by atoms with van der Waals surface area (Å²) in [6.07, 6.45) is 2.15. The molecule has 1 aromatic rings. The van der Waals surface area contributed by atoms with Gasteiger partial charge in [-0.25, -0.2) is 0 Å². The van der Waals surface area contributed by atoms with E-state index in [4.69, 9.17) is 10.00 Å².